The van der Waals surface area contributed by atoms with Crippen molar-refractivity contribution in [1.29, 1.82) is 0 Å². The number of nitrogens with zero attached hydrogens (tertiary/aromatic N) is 2. The van der Waals surface area contributed by atoms with Crippen LogP contribution in [-0.4, -0.2) is 22.4 Å². The fraction of sp³-hybridized carbons (Fsp3) is 0.308. The minimum absolute atomic E-state index is 0.178. The van der Waals surface area contributed by atoms with Crippen LogP contribution in [0, 0.1) is 12.3 Å². The zero-order chi connectivity index (χ0) is 13.7. The van der Waals surface area contributed by atoms with E-state index in [1.54, 1.807) is 12.4 Å². The molecule has 0 fully saturated rings. The van der Waals surface area contributed by atoms with Gasteiger partial charge in [-0.2, -0.15) is 0 Å². The molecule has 2 rings (SSSR count). The number of carbonyl (C=O) groups is 1. The number of nitrogens with two attached hydrogens (primary N) is 1. The van der Waals surface area contributed by atoms with Crippen LogP contribution in [0.3, 0.4) is 0 Å². The number of nitrogens with one attached hydrogen (secondary N) is 1. The van der Waals surface area contributed by atoms with Gasteiger partial charge in [-0.05, 0) is 12.8 Å². The van der Waals surface area contributed by atoms with Gasteiger partial charge < -0.3 is 11.1 Å². The zero-order valence-corrected chi connectivity index (χ0v) is 11.2. The van der Waals surface area contributed by atoms with Crippen LogP contribution in [0.25, 0.3) is 10.3 Å². The van der Waals surface area contributed by atoms with Crippen molar-refractivity contribution >= 4 is 33.3 Å². The standard InChI is InChI=1S/C13H14N4OS/c1-2-3-4-5-6-16-12(18)11-9(14)10-13(19-11)17-8-7-15-10/h1,7-8H,3-6,14H2,(H,16,18). The number of nitrogen functional groups attached to an aromatic ring is 1. The van der Waals surface area contributed by atoms with Crippen LogP contribution in [-0.2, 0) is 0 Å². The second-order valence-electron chi connectivity index (χ2n) is 3.97. The van der Waals surface area contributed by atoms with E-state index in [0.717, 1.165) is 19.3 Å². The van der Waals surface area contributed by atoms with Gasteiger partial charge in [-0.15, -0.1) is 23.7 Å². The highest BCUT2D eigenvalue weighted by atomic mass is 32.1. The topological polar surface area (TPSA) is 80.9 Å². The van der Waals surface area contributed by atoms with E-state index in [1.807, 2.05) is 0 Å². The minimum atomic E-state index is -0.178. The number of fused-ring (bicyclic) bond motifs is 1. The second kappa shape index (κ2) is 6.16. The van der Waals surface area contributed by atoms with Crippen molar-refractivity contribution in [3.05, 3.63) is 17.3 Å². The molecule has 19 heavy (non-hydrogen) atoms. The number of amides is 1. The largest absolute Gasteiger partial charge is 0.396 e. The van der Waals surface area contributed by atoms with E-state index in [0.29, 0.717) is 27.5 Å². The van der Waals surface area contributed by atoms with E-state index >= 15 is 0 Å². The quantitative estimate of drug-likeness (QED) is 0.643. The molecule has 0 saturated carbocycles. The smallest absolute Gasteiger partial charge is 0.263 e. The molecular weight excluding hydrogens is 260 g/mol. The number of terminal acetylenes is 1. The number of aromatic nitrogens is 2. The predicted octanol–water partition coefficient (Wildman–Crippen LogP) is 1.81. The summed E-state index contributed by atoms with van der Waals surface area (Å²) in [5.41, 5.74) is 6.90. The third-order valence-electron chi connectivity index (χ3n) is 2.60. The normalized spacial score (nSPS) is 10.3. The molecule has 98 valence electrons. The van der Waals surface area contributed by atoms with Gasteiger partial charge in [0.1, 0.15) is 15.2 Å². The third-order valence-corrected chi connectivity index (χ3v) is 3.70. The molecule has 0 unspecified atom stereocenters. The fourth-order valence-electron chi connectivity index (χ4n) is 1.65. The maximum atomic E-state index is 12.0. The molecule has 1 amide bonds. The molecule has 0 radical (unpaired) electrons. The number of carbonyl (C=O) groups excluding carboxylic acids is 1. The van der Waals surface area contributed by atoms with Crippen molar-refractivity contribution in [3.8, 4) is 12.3 Å². The average Bonchev–Trinajstić information content (AvgIpc) is 2.76. The van der Waals surface area contributed by atoms with E-state index in [4.69, 9.17) is 12.2 Å². The van der Waals surface area contributed by atoms with Crippen LogP contribution in [0.5, 0.6) is 0 Å². The SMILES string of the molecule is C#CCCCCNC(=O)c1sc2nccnc2c1N. The number of anilines is 1. The summed E-state index contributed by atoms with van der Waals surface area (Å²) in [7, 11) is 0. The monoisotopic (exact) mass is 274 g/mol. The van der Waals surface area contributed by atoms with Crippen LogP contribution in [0.2, 0.25) is 0 Å². The number of rotatable bonds is 5. The highest BCUT2D eigenvalue weighted by molar-refractivity contribution is 7.21. The van der Waals surface area contributed by atoms with Crippen LogP contribution >= 0.6 is 11.3 Å². The van der Waals surface area contributed by atoms with Crippen molar-refractivity contribution in [3.63, 3.8) is 0 Å². The Morgan fingerprint density at radius 3 is 2.95 bits per heavy atom. The van der Waals surface area contributed by atoms with Crippen molar-refractivity contribution in [2.45, 2.75) is 19.3 Å². The van der Waals surface area contributed by atoms with Gasteiger partial charge in [0.05, 0.1) is 5.69 Å². The Labute approximate surface area is 115 Å². The Morgan fingerprint density at radius 2 is 2.21 bits per heavy atom. The summed E-state index contributed by atoms with van der Waals surface area (Å²) < 4.78 is 0. The summed E-state index contributed by atoms with van der Waals surface area (Å²) in [6, 6.07) is 0. The van der Waals surface area contributed by atoms with Crippen molar-refractivity contribution in [1.82, 2.24) is 15.3 Å². The van der Waals surface area contributed by atoms with Gasteiger partial charge in [0, 0.05) is 25.4 Å². The van der Waals surface area contributed by atoms with Crippen molar-refractivity contribution in [2.24, 2.45) is 0 Å². The average molecular weight is 274 g/mol. The second-order valence-corrected chi connectivity index (χ2v) is 4.97. The van der Waals surface area contributed by atoms with Gasteiger partial charge in [0.15, 0.2) is 0 Å². The molecule has 2 heterocycles. The molecule has 2 aromatic heterocycles. The molecule has 0 bridgehead atoms. The molecule has 0 spiro atoms. The highest BCUT2D eigenvalue weighted by Gasteiger charge is 2.17. The lowest BCUT2D eigenvalue weighted by Gasteiger charge is -2.03. The first kappa shape index (κ1) is 13.3. The van der Waals surface area contributed by atoms with Gasteiger partial charge in [0.25, 0.3) is 5.91 Å². The molecule has 5 nitrogen and oxygen atoms in total. The van der Waals surface area contributed by atoms with Crippen LogP contribution < -0.4 is 11.1 Å². The summed E-state index contributed by atoms with van der Waals surface area (Å²) in [6.07, 6.45) is 10.8. The van der Waals surface area contributed by atoms with E-state index in [2.05, 4.69) is 21.2 Å². The van der Waals surface area contributed by atoms with E-state index in [9.17, 15) is 4.79 Å². The molecule has 6 heteroatoms. The number of hydrogen-bond acceptors (Lipinski definition) is 5. The number of unbranched alkanes of at least 4 members (excludes halogenated alkanes) is 2. The van der Waals surface area contributed by atoms with Crippen LogP contribution in [0.15, 0.2) is 12.4 Å². The van der Waals surface area contributed by atoms with Gasteiger partial charge in [-0.3, -0.25) is 4.79 Å². The lowest BCUT2D eigenvalue weighted by Crippen LogP contribution is -2.24. The lowest BCUT2D eigenvalue weighted by atomic mass is 10.2. The maximum Gasteiger partial charge on any atom is 0.263 e. The van der Waals surface area contributed by atoms with E-state index < -0.39 is 0 Å². The van der Waals surface area contributed by atoms with E-state index in [1.165, 1.54) is 11.3 Å². The lowest BCUT2D eigenvalue weighted by molar-refractivity contribution is 0.0958. The Kier molecular flexibility index (Phi) is 4.31. The summed E-state index contributed by atoms with van der Waals surface area (Å²) in [4.78, 5) is 21.4. The molecule has 3 N–H and O–H groups in total. The fourth-order valence-corrected chi connectivity index (χ4v) is 2.58. The van der Waals surface area contributed by atoms with Gasteiger partial charge in [0.2, 0.25) is 0 Å². The first-order valence-electron chi connectivity index (χ1n) is 5.94. The molecule has 0 aliphatic heterocycles. The van der Waals surface area contributed by atoms with Gasteiger partial charge >= 0.3 is 0 Å². The summed E-state index contributed by atoms with van der Waals surface area (Å²) in [6.45, 7) is 0.592. The third kappa shape index (κ3) is 3.01. The minimum Gasteiger partial charge on any atom is -0.396 e. The summed E-state index contributed by atoms with van der Waals surface area (Å²) in [5.74, 6) is 2.39. The van der Waals surface area contributed by atoms with Crippen molar-refractivity contribution < 1.29 is 4.79 Å². The number of thiophene rings is 1. The molecule has 0 aliphatic rings. The van der Waals surface area contributed by atoms with Crippen molar-refractivity contribution in [2.75, 3.05) is 12.3 Å². The zero-order valence-electron chi connectivity index (χ0n) is 10.3. The molecular formula is C13H14N4OS. The van der Waals surface area contributed by atoms with E-state index in [-0.39, 0.29) is 5.91 Å². The molecule has 0 aliphatic carbocycles. The van der Waals surface area contributed by atoms with Crippen LogP contribution in [0.4, 0.5) is 5.69 Å². The Bertz CT molecular complexity index is 629. The molecule has 0 aromatic carbocycles. The van der Waals surface area contributed by atoms with Gasteiger partial charge in [-0.1, -0.05) is 0 Å². The molecule has 2 aromatic rings. The first-order valence-corrected chi connectivity index (χ1v) is 6.76. The van der Waals surface area contributed by atoms with Crippen LogP contribution in [0.1, 0.15) is 28.9 Å². The summed E-state index contributed by atoms with van der Waals surface area (Å²) >= 11 is 1.26. The summed E-state index contributed by atoms with van der Waals surface area (Å²) in [5, 5.41) is 2.83. The predicted molar refractivity (Wildman–Crippen MR) is 76.8 cm³/mol. The molecule has 0 atom stereocenters. The Hall–Kier alpha value is -2.13. The number of hydrogen-bond donors (Lipinski definition) is 2. The first-order chi connectivity index (χ1) is 9.24. The Balaban J connectivity index is 2.02. The van der Waals surface area contributed by atoms with Gasteiger partial charge in [-0.25, -0.2) is 9.97 Å². The maximum absolute atomic E-state index is 12.0. The molecule has 0 saturated heterocycles. The highest BCUT2D eigenvalue weighted by Crippen LogP contribution is 2.30. The Morgan fingerprint density at radius 1 is 1.42 bits per heavy atom.